The second kappa shape index (κ2) is 9.55. The van der Waals surface area contributed by atoms with Gasteiger partial charge in [-0.25, -0.2) is 0 Å². The van der Waals surface area contributed by atoms with Gasteiger partial charge in [-0.2, -0.15) is 5.26 Å². The molecule has 1 N–H and O–H groups in total. The largest absolute Gasteiger partial charge is 0.379 e. The molecule has 1 rings (SSSR count). The van der Waals surface area contributed by atoms with Gasteiger partial charge in [0.25, 0.3) is 0 Å². The van der Waals surface area contributed by atoms with Crippen LogP contribution in [0, 0.1) is 11.3 Å². The molecule has 0 bridgehead atoms. The Morgan fingerprint density at radius 3 is 2.58 bits per heavy atom. The van der Waals surface area contributed by atoms with E-state index < -0.39 is 0 Å². The number of hydrogen-bond donors (Lipinski definition) is 1. The first-order chi connectivity index (χ1) is 9.24. The molecular weight excluding hydrogens is 236 g/mol. The van der Waals surface area contributed by atoms with Crippen LogP contribution < -0.4 is 5.32 Å². The fourth-order valence-corrected chi connectivity index (χ4v) is 1.84. The van der Waals surface area contributed by atoms with Crippen molar-refractivity contribution in [2.24, 2.45) is 0 Å². The lowest BCUT2D eigenvalue weighted by Gasteiger charge is -2.11. The Morgan fingerprint density at radius 2 is 1.95 bits per heavy atom. The van der Waals surface area contributed by atoms with E-state index in [1.54, 1.807) is 0 Å². The van der Waals surface area contributed by atoms with Gasteiger partial charge in [-0.05, 0) is 38.8 Å². The van der Waals surface area contributed by atoms with Crippen molar-refractivity contribution in [3.05, 3.63) is 35.9 Å². The van der Waals surface area contributed by atoms with E-state index in [1.807, 2.05) is 30.3 Å². The molecule has 1 aromatic rings. The molecule has 1 aromatic carbocycles. The van der Waals surface area contributed by atoms with Crippen LogP contribution in [0.5, 0.6) is 0 Å². The van der Waals surface area contributed by atoms with Crippen molar-refractivity contribution in [3.63, 3.8) is 0 Å². The number of benzene rings is 1. The molecule has 0 spiro atoms. The summed E-state index contributed by atoms with van der Waals surface area (Å²) < 4.78 is 5.48. The summed E-state index contributed by atoms with van der Waals surface area (Å²) >= 11 is 0. The van der Waals surface area contributed by atoms with Crippen LogP contribution in [0.1, 0.15) is 38.2 Å². The maximum absolute atomic E-state index is 9.17. The molecule has 0 aliphatic carbocycles. The minimum absolute atomic E-state index is 0.0619. The summed E-state index contributed by atoms with van der Waals surface area (Å²) in [5, 5.41) is 12.5. The SMILES string of the molecule is CC(C)OCCCCNCC(C#N)c1ccccc1. The zero-order chi connectivity index (χ0) is 13.9. The molecular formula is C16H24N2O. The molecule has 1 unspecified atom stereocenters. The molecule has 104 valence electrons. The van der Waals surface area contributed by atoms with E-state index in [-0.39, 0.29) is 5.92 Å². The normalized spacial score (nSPS) is 12.3. The molecule has 0 aliphatic heterocycles. The minimum atomic E-state index is -0.0619. The third-order valence-corrected chi connectivity index (χ3v) is 2.91. The van der Waals surface area contributed by atoms with Crippen LogP contribution in [-0.2, 0) is 4.74 Å². The van der Waals surface area contributed by atoms with Crippen LogP contribution in [0.4, 0.5) is 0 Å². The first-order valence-electron chi connectivity index (χ1n) is 7.01. The number of ether oxygens (including phenoxy) is 1. The molecule has 0 aromatic heterocycles. The molecule has 0 fully saturated rings. The lowest BCUT2D eigenvalue weighted by Crippen LogP contribution is -2.22. The Morgan fingerprint density at radius 1 is 1.21 bits per heavy atom. The van der Waals surface area contributed by atoms with Gasteiger partial charge in [0.1, 0.15) is 0 Å². The molecule has 1 atom stereocenters. The Balaban J connectivity index is 2.13. The molecule has 0 aliphatic rings. The summed E-state index contributed by atoms with van der Waals surface area (Å²) in [6.45, 7) is 6.57. The predicted molar refractivity (Wildman–Crippen MR) is 78.0 cm³/mol. The van der Waals surface area contributed by atoms with Crippen LogP contribution in [0.3, 0.4) is 0 Å². The van der Waals surface area contributed by atoms with Crippen LogP contribution in [0.15, 0.2) is 30.3 Å². The standard InChI is InChI=1S/C16H24N2O/c1-14(2)19-11-7-6-10-18-13-16(12-17)15-8-4-3-5-9-15/h3-5,8-9,14,16,18H,6-7,10-11,13H2,1-2H3. The van der Waals surface area contributed by atoms with Gasteiger partial charge in [0.2, 0.25) is 0 Å². The highest BCUT2D eigenvalue weighted by atomic mass is 16.5. The molecule has 19 heavy (non-hydrogen) atoms. The van der Waals surface area contributed by atoms with E-state index in [2.05, 4.69) is 25.2 Å². The number of nitrogens with one attached hydrogen (secondary N) is 1. The first-order valence-corrected chi connectivity index (χ1v) is 7.01. The van der Waals surface area contributed by atoms with Gasteiger partial charge in [0.15, 0.2) is 0 Å². The summed E-state index contributed by atoms with van der Waals surface area (Å²) in [6, 6.07) is 12.3. The highest BCUT2D eigenvalue weighted by molar-refractivity contribution is 5.24. The van der Waals surface area contributed by atoms with E-state index >= 15 is 0 Å². The van der Waals surface area contributed by atoms with Gasteiger partial charge in [0, 0.05) is 13.2 Å². The summed E-state index contributed by atoms with van der Waals surface area (Å²) in [4.78, 5) is 0. The van der Waals surface area contributed by atoms with Crippen molar-refractivity contribution >= 4 is 0 Å². The average Bonchev–Trinajstić information content (AvgIpc) is 2.42. The van der Waals surface area contributed by atoms with Crippen LogP contribution in [-0.4, -0.2) is 25.8 Å². The van der Waals surface area contributed by atoms with Gasteiger partial charge in [-0.1, -0.05) is 30.3 Å². The van der Waals surface area contributed by atoms with Gasteiger partial charge >= 0.3 is 0 Å². The molecule has 3 nitrogen and oxygen atoms in total. The van der Waals surface area contributed by atoms with Crippen molar-refractivity contribution in [2.45, 2.75) is 38.7 Å². The van der Waals surface area contributed by atoms with Gasteiger partial charge in [-0.3, -0.25) is 0 Å². The molecule has 0 heterocycles. The lowest BCUT2D eigenvalue weighted by molar-refractivity contribution is 0.0760. The number of nitrogens with zero attached hydrogens (tertiary/aromatic N) is 1. The fraction of sp³-hybridized carbons (Fsp3) is 0.562. The fourth-order valence-electron chi connectivity index (χ4n) is 1.84. The van der Waals surface area contributed by atoms with E-state index in [4.69, 9.17) is 4.74 Å². The van der Waals surface area contributed by atoms with Crippen LogP contribution >= 0.6 is 0 Å². The molecule has 0 amide bonds. The van der Waals surface area contributed by atoms with Crippen LogP contribution in [0.2, 0.25) is 0 Å². The Kier molecular flexibility index (Phi) is 7.88. The van der Waals surface area contributed by atoms with E-state index in [9.17, 15) is 5.26 Å². The zero-order valence-electron chi connectivity index (χ0n) is 11.9. The second-order valence-corrected chi connectivity index (χ2v) is 4.92. The number of unbranched alkanes of at least 4 members (excludes halogenated alkanes) is 1. The summed E-state index contributed by atoms with van der Waals surface area (Å²) in [5.41, 5.74) is 1.08. The Bertz CT molecular complexity index is 370. The second-order valence-electron chi connectivity index (χ2n) is 4.92. The Labute approximate surface area is 116 Å². The number of hydrogen-bond acceptors (Lipinski definition) is 3. The van der Waals surface area contributed by atoms with Crippen molar-refractivity contribution < 1.29 is 4.74 Å². The van der Waals surface area contributed by atoms with Gasteiger partial charge in [-0.15, -0.1) is 0 Å². The molecule has 3 heteroatoms. The Hall–Kier alpha value is -1.37. The van der Waals surface area contributed by atoms with E-state index in [1.165, 1.54) is 0 Å². The summed E-state index contributed by atoms with van der Waals surface area (Å²) in [6.07, 6.45) is 2.46. The maximum Gasteiger partial charge on any atom is 0.0837 e. The first kappa shape index (κ1) is 15.7. The summed E-state index contributed by atoms with van der Waals surface area (Å²) in [7, 11) is 0. The minimum Gasteiger partial charge on any atom is -0.379 e. The molecule has 0 radical (unpaired) electrons. The molecule has 0 saturated heterocycles. The van der Waals surface area contributed by atoms with Crippen LogP contribution in [0.25, 0.3) is 0 Å². The third kappa shape index (κ3) is 6.95. The van der Waals surface area contributed by atoms with E-state index in [0.29, 0.717) is 12.6 Å². The topological polar surface area (TPSA) is 45.0 Å². The van der Waals surface area contributed by atoms with E-state index in [0.717, 1.165) is 31.6 Å². The smallest absolute Gasteiger partial charge is 0.0837 e. The lowest BCUT2D eigenvalue weighted by atomic mass is 10.0. The number of rotatable bonds is 9. The number of nitriles is 1. The predicted octanol–water partition coefficient (Wildman–Crippen LogP) is 3.09. The van der Waals surface area contributed by atoms with Crippen molar-refractivity contribution in [1.82, 2.24) is 5.32 Å². The van der Waals surface area contributed by atoms with Crippen molar-refractivity contribution in [2.75, 3.05) is 19.7 Å². The third-order valence-electron chi connectivity index (χ3n) is 2.91. The monoisotopic (exact) mass is 260 g/mol. The van der Waals surface area contributed by atoms with Crippen molar-refractivity contribution in [1.29, 1.82) is 5.26 Å². The zero-order valence-corrected chi connectivity index (χ0v) is 11.9. The molecule has 0 saturated carbocycles. The van der Waals surface area contributed by atoms with Gasteiger partial charge in [0.05, 0.1) is 18.1 Å². The highest BCUT2D eigenvalue weighted by Gasteiger charge is 2.08. The van der Waals surface area contributed by atoms with Crippen molar-refractivity contribution in [3.8, 4) is 6.07 Å². The summed E-state index contributed by atoms with van der Waals surface area (Å²) in [5.74, 6) is -0.0619. The highest BCUT2D eigenvalue weighted by Crippen LogP contribution is 2.12. The van der Waals surface area contributed by atoms with Gasteiger partial charge < -0.3 is 10.1 Å². The average molecular weight is 260 g/mol. The maximum atomic E-state index is 9.17. The quantitative estimate of drug-likeness (QED) is 0.694.